The van der Waals surface area contributed by atoms with Crippen molar-refractivity contribution >= 4 is 81.3 Å². The van der Waals surface area contributed by atoms with Crippen LogP contribution in [0.1, 0.15) is 0 Å². The van der Waals surface area contributed by atoms with Crippen LogP contribution < -0.4 is 4.90 Å². The van der Waals surface area contributed by atoms with Gasteiger partial charge in [-0.2, -0.15) is 0 Å². The number of hydrogen-bond acceptors (Lipinski definition) is 3. The Morgan fingerprint density at radius 1 is 0.344 bits per heavy atom. The smallest absolute Gasteiger partial charge is 0.143 e. The average molecular weight is 796 g/mol. The molecule has 0 aliphatic carbocycles. The molecular weight excluding hydrogens is 759 g/mol. The van der Waals surface area contributed by atoms with Gasteiger partial charge < -0.3 is 9.32 Å². The van der Waals surface area contributed by atoms with Crippen LogP contribution in [-0.4, -0.2) is 0 Å². The molecule has 0 spiro atoms. The van der Waals surface area contributed by atoms with Crippen molar-refractivity contribution in [1.29, 1.82) is 0 Å². The summed E-state index contributed by atoms with van der Waals surface area (Å²) in [6.07, 6.45) is 0. The number of furan rings is 1. The SMILES string of the molecule is c1cc(-c2cccc(N(c3cccc(-c4cccc5c4oc4ccccc45)c3)c3ccccc3-c3cccc4ccccc34)c2)cc(-c2cccc3c2sc2ccccc23)c1. The summed E-state index contributed by atoms with van der Waals surface area (Å²) in [7, 11) is 0. The van der Waals surface area contributed by atoms with Crippen molar-refractivity contribution in [3.05, 3.63) is 224 Å². The number of fused-ring (bicyclic) bond motifs is 7. The Kier molecular flexibility index (Phi) is 8.39. The van der Waals surface area contributed by atoms with E-state index in [1.165, 1.54) is 53.2 Å². The number of para-hydroxylation sites is 3. The summed E-state index contributed by atoms with van der Waals surface area (Å²) in [5, 5.41) is 7.32. The van der Waals surface area contributed by atoms with Crippen LogP contribution in [0.2, 0.25) is 0 Å². The Morgan fingerprint density at radius 2 is 0.885 bits per heavy atom. The minimum atomic E-state index is 0.896. The van der Waals surface area contributed by atoms with E-state index in [2.05, 4.69) is 223 Å². The van der Waals surface area contributed by atoms with Gasteiger partial charge in [-0.05, 0) is 92.7 Å². The maximum absolute atomic E-state index is 6.56. The third kappa shape index (κ3) is 6.01. The van der Waals surface area contributed by atoms with Gasteiger partial charge in [-0.1, -0.05) is 176 Å². The fourth-order valence-electron chi connectivity index (χ4n) is 9.24. The Labute approximate surface area is 357 Å². The lowest BCUT2D eigenvalue weighted by Crippen LogP contribution is -2.11. The third-order valence-corrected chi connectivity index (χ3v) is 13.3. The zero-order valence-electron chi connectivity index (χ0n) is 33.1. The van der Waals surface area contributed by atoms with Crippen LogP contribution in [0.5, 0.6) is 0 Å². The van der Waals surface area contributed by atoms with E-state index in [1.54, 1.807) is 0 Å². The van der Waals surface area contributed by atoms with Crippen molar-refractivity contribution in [2.45, 2.75) is 0 Å². The number of benzene rings is 10. The normalized spacial score (nSPS) is 11.6. The molecule has 12 aromatic rings. The molecule has 2 aromatic heterocycles. The standard InChI is InChI=1S/C58H37NOS/c1-2-23-45-38(15-1)16-12-29-48(45)49-24-3-6-32-54(49)59(44-22-11-20-42(37-44)46-27-13-30-52-50-25-4-7-33-55(50)60-57(46)52)43-21-10-18-40(36-43)39-17-9-19-41(35-39)47-28-14-31-53-51-26-5-8-34-56(51)61-58(47)53/h1-37H. The fraction of sp³-hybridized carbons (Fsp3) is 0. The lowest BCUT2D eigenvalue weighted by atomic mass is 9.95. The summed E-state index contributed by atoms with van der Waals surface area (Å²) < 4.78 is 9.20. The molecule has 0 saturated carbocycles. The van der Waals surface area contributed by atoms with Crippen molar-refractivity contribution in [3.63, 3.8) is 0 Å². The highest BCUT2D eigenvalue weighted by Crippen LogP contribution is 2.46. The van der Waals surface area contributed by atoms with Gasteiger partial charge in [0.25, 0.3) is 0 Å². The molecule has 0 aliphatic rings. The molecule has 2 nitrogen and oxygen atoms in total. The largest absolute Gasteiger partial charge is 0.455 e. The maximum Gasteiger partial charge on any atom is 0.143 e. The van der Waals surface area contributed by atoms with Crippen LogP contribution >= 0.6 is 11.3 Å². The quantitative estimate of drug-likeness (QED) is 0.160. The molecule has 0 saturated heterocycles. The Hall–Kier alpha value is -7.72. The second-order valence-corrected chi connectivity index (χ2v) is 16.7. The predicted molar refractivity (Wildman–Crippen MR) is 261 cm³/mol. The maximum atomic E-state index is 6.56. The molecule has 2 heterocycles. The van der Waals surface area contributed by atoms with Gasteiger partial charge in [-0.15, -0.1) is 11.3 Å². The van der Waals surface area contributed by atoms with Crippen molar-refractivity contribution in [2.75, 3.05) is 4.90 Å². The number of rotatable bonds is 7. The molecule has 12 rings (SSSR count). The van der Waals surface area contributed by atoms with Gasteiger partial charge >= 0.3 is 0 Å². The molecule has 3 heteroatoms. The van der Waals surface area contributed by atoms with Gasteiger partial charge in [0.2, 0.25) is 0 Å². The van der Waals surface area contributed by atoms with Crippen LogP contribution in [-0.2, 0) is 0 Å². The molecule has 0 fully saturated rings. The lowest BCUT2D eigenvalue weighted by Gasteiger charge is -2.29. The second-order valence-electron chi connectivity index (χ2n) is 15.6. The molecule has 0 aliphatic heterocycles. The van der Waals surface area contributed by atoms with Crippen LogP contribution in [0.3, 0.4) is 0 Å². The van der Waals surface area contributed by atoms with Crippen LogP contribution in [0.25, 0.3) is 97.4 Å². The van der Waals surface area contributed by atoms with Gasteiger partial charge in [0.15, 0.2) is 0 Å². The van der Waals surface area contributed by atoms with Crippen molar-refractivity contribution < 1.29 is 4.42 Å². The molecule has 61 heavy (non-hydrogen) atoms. The summed E-state index contributed by atoms with van der Waals surface area (Å²) in [6, 6.07) is 81.2. The van der Waals surface area contributed by atoms with Crippen LogP contribution in [0, 0.1) is 0 Å². The molecule has 0 bridgehead atoms. The van der Waals surface area contributed by atoms with E-state index in [0.717, 1.165) is 61.3 Å². The molecule has 286 valence electrons. The van der Waals surface area contributed by atoms with E-state index >= 15 is 0 Å². The summed E-state index contributed by atoms with van der Waals surface area (Å²) in [5.41, 5.74) is 14.3. The molecule has 10 aromatic carbocycles. The topological polar surface area (TPSA) is 16.4 Å². The Balaban J connectivity index is 1.03. The van der Waals surface area contributed by atoms with Crippen molar-refractivity contribution in [2.24, 2.45) is 0 Å². The summed E-state index contributed by atoms with van der Waals surface area (Å²) >= 11 is 1.87. The third-order valence-electron chi connectivity index (χ3n) is 12.1. The zero-order valence-corrected chi connectivity index (χ0v) is 33.9. The van der Waals surface area contributed by atoms with E-state index in [-0.39, 0.29) is 0 Å². The van der Waals surface area contributed by atoms with E-state index < -0.39 is 0 Å². The number of hydrogen-bond donors (Lipinski definition) is 0. The van der Waals surface area contributed by atoms with Gasteiger partial charge in [0.05, 0.1) is 5.69 Å². The first-order valence-electron chi connectivity index (χ1n) is 20.7. The highest BCUT2D eigenvalue weighted by Gasteiger charge is 2.21. The Morgan fingerprint density at radius 3 is 1.75 bits per heavy atom. The first kappa shape index (κ1) is 35.2. The van der Waals surface area contributed by atoms with E-state index in [1.807, 2.05) is 17.4 Å². The number of thiophene rings is 1. The van der Waals surface area contributed by atoms with Crippen LogP contribution in [0.4, 0.5) is 17.1 Å². The van der Waals surface area contributed by atoms with E-state index in [0.29, 0.717) is 0 Å². The van der Waals surface area contributed by atoms with E-state index in [9.17, 15) is 0 Å². The number of nitrogens with zero attached hydrogens (tertiary/aromatic N) is 1. The minimum Gasteiger partial charge on any atom is -0.455 e. The fourth-order valence-corrected chi connectivity index (χ4v) is 10.5. The monoisotopic (exact) mass is 795 g/mol. The molecule has 0 N–H and O–H groups in total. The zero-order chi connectivity index (χ0) is 40.3. The summed E-state index contributed by atoms with van der Waals surface area (Å²) in [6.45, 7) is 0. The van der Waals surface area contributed by atoms with E-state index in [4.69, 9.17) is 4.42 Å². The predicted octanol–water partition coefficient (Wildman–Crippen LogP) is 17.2. The lowest BCUT2D eigenvalue weighted by molar-refractivity contribution is 0.670. The summed E-state index contributed by atoms with van der Waals surface area (Å²) in [5.74, 6) is 0. The van der Waals surface area contributed by atoms with Crippen LogP contribution in [0.15, 0.2) is 229 Å². The van der Waals surface area contributed by atoms with Crippen molar-refractivity contribution in [1.82, 2.24) is 0 Å². The average Bonchev–Trinajstić information content (AvgIpc) is 3.91. The van der Waals surface area contributed by atoms with Gasteiger partial charge in [0.1, 0.15) is 11.2 Å². The molecular formula is C58H37NOS. The first-order chi connectivity index (χ1) is 30.2. The second kappa shape index (κ2) is 14.5. The first-order valence-corrected chi connectivity index (χ1v) is 21.6. The molecule has 0 atom stereocenters. The molecule has 0 unspecified atom stereocenters. The van der Waals surface area contributed by atoms with Gasteiger partial charge in [-0.25, -0.2) is 0 Å². The highest BCUT2D eigenvalue weighted by molar-refractivity contribution is 7.26. The Bertz CT molecular complexity index is 3620. The van der Waals surface area contributed by atoms with Gasteiger partial charge in [-0.3, -0.25) is 0 Å². The minimum absolute atomic E-state index is 0.896. The molecule has 0 radical (unpaired) electrons. The number of anilines is 3. The highest BCUT2D eigenvalue weighted by atomic mass is 32.1. The summed E-state index contributed by atoms with van der Waals surface area (Å²) in [4.78, 5) is 2.42. The molecule has 0 amide bonds. The van der Waals surface area contributed by atoms with Crippen molar-refractivity contribution in [3.8, 4) is 44.5 Å². The van der Waals surface area contributed by atoms with Gasteiger partial charge in [0, 0.05) is 53.4 Å².